The zero-order valence-corrected chi connectivity index (χ0v) is 8.42. The molecule has 12 heavy (non-hydrogen) atoms. The van der Waals surface area contributed by atoms with Crippen LogP contribution in [-0.2, 0) is 4.79 Å². The quantitative estimate of drug-likeness (QED) is 0.356. The van der Waals surface area contributed by atoms with Crippen molar-refractivity contribution in [3.8, 4) is 0 Å². The summed E-state index contributed by atoms with van der Waals surface area (Å²) in [4.78, 5) is 10.1. The molecule has 0 radical (unpaired) electrons. The van der Waals surface area contributed by atoms with Crippen LogP contribution in [0.1, 0.15) is 34.1 Å². The minimum absolute atomic E-state index is 0.606. The fraction of sp³-hybridized carbons (Fsp3) is 0.545. The van der Waals surface area contributed by atoms with E-state index >= 15 is 0 Å². The maximum absolute atomic E-state index is 10.1. The van der Waals surface area contributed by atoms with Gasteiger partial charge in [-0.3, -0.25) is 4.79 Å². The van der Waals surface area contributed by atoms with Gasteiger partial charge in [-0.25, -0.2) is 0 Å². The highest BCUT2D eigenvalue weighted by atomic mass is 16.1. The number of hydrogen-bond donors (Lipinski definition) is 0. The van der Waals surface area contributed by atoms with Gasteiger partial charge in [-0.05, 0) is 32.3 Å². The van der Waals surface area contributed by atoms with E-state index in [0.717, 1.165) is 18.3 Å². The fourth-order valence-corrected chi connectivity index (χ4v) is 0.742. The molecule has 0 aromatic rings. The van der Waals surface area contributed by atoms with Crippen molar-refractivity contribution in [3.63, 3.8) is 0 Å². The van der Waals surface area contributed by atoms with Crippen LogP contribution in [0.4, 0.5) is 0 Å². The van der Waals surface area contributed by atoms with Crippen molar-refractivity contribution in [2.75, 3.05) is 0 Å². The van der Waals surface area contributed by atoms with Gasteiger partial charge >= 0.3 is 0 Å². The van der Waals surface area contributed by atoms with Crippen LogP contribution in [-0.4, -0.2) is 6.29 Å². The Morgan fingerprint density at radius 1 is 1.33 bits per heavy atom. The van der Waals surface area contributed by atoms with E-state index in [1.54, 1.807) is 6.08 Å². The summed E-state index contributed by atoms with van der Waals surface area (Å²) in [6, 6.07) is 0. The smallest absolute Gasteiger partial charge is 0.142 e. The molecule has 0 heterocycles. The molecule has 0 aliphatic rings. The number of carbonyl (C=O) groups excluding carboxylic acids is 1. The second-order valence-electron chi connectivity index (χ2n) is 3.46. The largest absolute Gasteiger partial charge is 0.299 e. The number of rotatable bonds is 4. The van der Waals surface area contributed by atoms with E-state index in [1.807, 2.05) is 6.92 Å². The summed E-state index contributed by atoms with van der Waals surface area (Å²) >= 11 is 0. The Labute approximate surface area is 75.2 Å². The Morgan fingerprint density at radius 3 is 2.33 bits per heavy atom. The summed E-state index contributed by atoms with van der Waals surface area (Å²) in [5.74, 6) is 0.606. The average molecular weight is 166 g/mol. The van der Waals surface area contributed by atoms with Crippen molar-refractivity contribution in [1.82, 2.24) is 0 Å². The van der Waals surface area contributed by atoms with E-state index in [1.165, 1.54) is 5.57 Å². The maximum Gasteiger partial charge on any atom is 0.142 e. The van der Waals surface area contributed by atoms with Crippen molar-refractivity contribution in [2.24, 2.45) is 5.92 Å². The Balaban J connectivity index is 4.04. The molecule has 0 bridgehead atoms. The Kier molecular flexibility index (Phi) is 5.35. The second kappa shape index (κ2) is 5.76. The molecule has 1 heteroatoms. The standard InChI is InChI=1S/C11H18O/c1-9(2)11(4)6-5-10(3)7-8-12/h6-9H,5H2,1-4H3/b10-7+,11-6-. The zero-order valence-electron chi connectivity index (χ0n) is 8.42. The second-order valence-corrected chi connectivity index (χ2v) is 3.46. The molecule has 0 fully saturated rings. The molecule has 1 nitrogen and oxygen atoms in total. The molecular weight excluding hydrogens is 148 g/mol. The first-order valence-electron chi connectivity index (χ1n) is 4.35. The lowest BCUT2D eigenvalue weighted by atomic mass is 10.0. The Bertz CT molecular complexity index is 197. The molecular formula is C11H18O. The van der Waals surface area contributed by atoms with Crippen LogP contribution in [0.2, 0.25) is 0 Å². The van der Waals surface area contributed by atoms with E-state index in [4.69, 9.17) is 0 Å². The molecule has 0 aliphatic heterocycles. The van der Waals surface area contributed by atoms with Crippen LogP contribution >= 0.6 is 0 Å². The lowest BCUT2D eigenvalue weighted by molar-refractivity contribution is -0.104. The molecule has 0 unspecified atom stereocenters. The lowest BCUT2D eigenvalue weighted by Crippen LogP contribution is -1.88. The first-order chi connectivity index (χ1) is 5.57. The van der Waals surface area contributed by atoms with Gasteiger partial charge in [0, 0.05) is 0 Å². The van der Waals surface area contributed by atoms with Gasteiger partial charge in [0.25, 0.3) is 0 Å². The zero-order chi connectivity index (χ0) is 9.56. The molecule has 68 valence electrons. The number of carbonyl (C=O) groups is 1. The average Bonchev–Trinajstić information content (AvgIpc) is 2.00. The van der Waals surface area contributed by atoms with Gasteiger partial charge in [-0.15, -0.1) is 0 Å². The summed E-state index contributed by atoms with van der Waals surface area (Å²) in [6.45, 7) is 8.44. The van der Waals surface area contributed by atoms with E-state index in [-0.39, 0.29) is 0 Å². The van der Waals surface area contributed by atoms with Gasteiger partial charge in [0.1, 0.15) is 6.29 Å². The third-order valence-electron chi connectivity index (χ3n) is 2.01. The fourth-order valence-electron chi connectivity index (χ4n) is 0.742. The maximum atomic E-state index is 10.1. The SMILES string of the molecule is C/C(=C/C/C(C)=C/C=O)C(C)C. The highest BCUT2D eigenvalue weighted by Crippen LogP contribution is 2.11. The Hall–Kier alpha value is -0.850. The minimum atomic E-state index is 0.606. The Morgan fingerprint density at radius 2 is 1.92 bits per heavy atom. The molecule has 0 amide bonds. The summed E-state index contributed by atoms with van der Waals surface area (Å²) in [5.41, 5.74) is 2.50. The predicted octanol–water partition coefficient (Wildman–Crippen LogP) is 3.12. The van der Waals surface area contributed by atoms with Gasteiger partial charge in [-0.2, -0.15) is 0 Å². The predicted molar refractivity (Wildman–Crippen MR) is 53.0 cm³/mol. The van der Waals surface area contributed by atoms with E-state index < -0.39 is 0 Å². The third-order valence-corrected chi connectivity index (χ3v) is 2.01. The van der Waals surface area contributed by atoms with Crippen LogP contribution in [0.25, 0.3) is 0 Å². The van der Waals surface area contributed by atoms with Gasteiger partial charge in [0.15, 0.2) is 0 Å². The molecule has 0 aromatic heterocycles. The van der Waals surface area contributed by atoms with Crippen molar-refractivity contribution < 1.29 is 4.79 Å². The first kappa shape index (κ1) is 11.2. The lowest BCUT2D eigenvalue weighted by Gasteiger charge is -2.04. The van der Waals surface area contributed by atoms with Crippen LogP contribution in [0.5, 0.6) is 0 Å². The highest BCUT2D eigenvalue weighted by Gasteiger charge is 1.94. The topological polar surface area (TPSA) is 17.1 Å². The van der Waals surface area contributed by atoms with Crippen LogP contribution < -0.4 is 0 Å². The summed E-state index contributed by atoms with van der Waals surface area (Å²) in [7, 11) is 0. The normalized spacial score (nSPS) is 13.8. The van der Waals surface area contributed by atoms with Crippen LogP contribution in [0.3, 0.4) is 0 Å². The van der Waals surface area contributed by atoms with Gasteiger partial charge in [-0.1, -0.05) is 31.1 Å². The monoisotopic (exact) mass is 166 g/mol. The summed E-state index contributed by atoms with van der Waals surface area (Å²) < 4.78 is 0. The van der Waals surface area contributed by atoms with Crippen molar-refractivity contribution >= 4 is 6.29 Å². The van der Waals surface area contributed by atoms with E-state index in [2.05, 4.69) is 26.8 Å². The summed E-state index contributed by atoms with van der Waals surface area (Å²) in [5, 5.41) is 0. The number of hydrogen-bond acceptors (Lipinski definition) is 1. The molecule has 0 spiro atoms. The third kappa shape index (κ3) is 4.89. The minimum Gasteiger partial charge on any atom is -0.299 e. The first-order valence-corrected chi connectivity index (χ1v) is 4.35. The van der Waals surface area contributed by atoms with Crippen LogP contribution in [0, 0.1) is 5.92 Å². The molecule has 0 aromatic carbocycles. The van der Waals surface area contributed by atoms with Crippen molar-refractivity contribution in [3.05, 3.63) is 23.3 Å². The molecule has 0 saturated heterocycles. The van der Waals surface area contributed by atoms with Gasteiger partial charge in [0.05, 0.1) is 0 Å². The van der Waals surface area contributed by atoms with E-state index in [9.17, 15) is 4.79 Å². The highest BCUT2D eigenvalue weighted by molar-refractivity contribution is 5.65. The molecule has 0 saturated carbocycles. The van der Waals surface area contributed by atoms with Crippen LogP contribution in [0.15, 0.2) is 23.3 Å². The number of aldehydes is 1. The number of allylic oxidation sites excluding steroid dienone is 4. The molecule has 0 atom stereocenters. The molecule has 0 aliphatic carbocycles. The van der Waals surface area contributed by atoms with Gasteiger partial charge in [0.2, 0.25) is 0 Å². The molecule has 0 rings (SSSR count). The van der Waals surface area contributed by atoms with E-state index in [0.29, 0.717) is 5.92 Å². The molecule has 0 N–H and O–H groups in total. The van der Waals surface area contributed by atoms with Crippen molar-refractivity contribution in [2.45, 2.75) is 34.1 Å². The van der Waals surface area contributed by atoms with Gasteiger partial charge < -0.3 is 0 Å². The van der Waals surface area contributed by atoms with Crippen molar-refractivity contribution in [1.29, 1.82) is 0 Å². The summed E-state index contributed by atoms with van der Waals surface area (Å²) in [6.07, 6.45) is 5.53.